The van der Waals surface area contributed by atoms with E-state index in [0.717, 1.165) is 0 Å². The summed E-state index contributed by atoms with van der Waals surface area (Å²) in [6.45, 7) is 2.31. The molecule has 0 heterocycles. The Bertz CT molecular complexity index is 611. The van der Waals surface area contributed by atoms with Crippen molar-refractivity contribution in [2.24, 2.45) is 0 Å². The summed E-state index contributed by atoms with van der Waals surface area (Å²) < 4.78 is 19.2. The molecule has 0 unspecified atom stereocenters. The standard InChI is InChI=1S/C15H12BrFO2/c1-2-19-14-6-4-3-5-11(14)15(18)12-9-10(17)7-8-13(12)16/h3-9H,2H2,1H3. The van der Waals surface area contributed by atoms with E-state index in [1.807, 2.05) is 6.92 Å². The second-order valence-electron chi connectivity index (χ2n) is 3.88. The SMILES string of the molecule is CCOc1ccccc1C(=O)c1cc(F)ccc1Br. The van der Waals surface area contributed by atoms with E-state index in [0.29, 0.717) is 22.4 Å². The van der Waals surface area contributed by atoms with Crippen LogP contribution in [-0.4, -0.2) is 12.4 Å². The van der Waals surface area contributed by atoms with Crippen LogP contribution in [0.2, 0.25) is 0 Å². The molecule has 2 aromatic carbocycles. The summed E-state index contributed by atoms with van der Waals surface area (Å²) in [5.74, 6) is -0.206. The Hall–Kier alpha value is -1.68. The monoisotopic (exact) mass is 322 g/mol. The normalized spacial score (nSPS) is 10.3. The van der Waals surface area contributed by atoms with E-state index in [1.165, 1.54) is 18.2 Å². The number of hydrogen-bond donors (Lipinski definition) is 0. The van der Waals surface area contributed by atoms with Crippen molar-refractivity contribution in [3.05, 3.63) is 63.9 Å². The smallest absolute Gasteiger partial charge is 0.197 e. The lowest BCUT2D eigenvalue weighted by Gasteiger charge is -2.10. The highest BCUT2D eigenvalue weighted by atomic mass is 79.9. The third-order valence-corrected chi connectivity index (χ3v) is 3.30. The van der Waals surface area contributed by atoms with Gasteiger partial charge in [0.25, 0.3) is 0 Å². The fraction of sp³-hybridized carbons (Fsp3) is 0.133. The van der Waals surface area contributed by atoms with Crippen LogP contribution in [0.25, 0.3) is 0 Å². The molecule has 2 aromatic rings. The summed E-state index contributed by atoms with van der Waals surface area (Å²) in [5, 5.41) is 0. The van der Waals surface area contributed by atoms with Gasteiger partial charge in [-0.3, -0.25) is 4.79 Å². The molecule has 2 rings (SSSR count). The maximum absolute atomic E-state index is 13.3. The summed E-state index contributed by atoms with van der Waals surface area (Å²) in [6, 6.07) is 11.0. The lowest BCUT2D eigenvalue weighted by molar-refractivity contribution is 0.103. The molecule has 0 saturated heterocycles. The van der Waals surface area contributed by atoms with Crippen molar-refractivity contribution in [1.82, 2.24) is 0 Å². The molecule has 0 aliphatic rings. The topological polar surface area (TPSA) is 26.3 Å². The van der Waals surface area contributed by atoms with Crippen LogP contribution >= 0.6 is 15.9 Å². The van der Waals surface area contributed by atoms with E-state index in [2.05, 4.69) is 15.9 Å². The zero-order valence-electron chi connectivity index (χ0n) is 10.3. The van der Waals surface area contributed by atoms with E-state index >= 15 is 0 Å². The van der Waals surface area contributed by atoms with Crippen molar-refractivity contribution in [2.75, 3.05) is 6.61 Å². The van der Waals surface area contributed by atoms with Crippen LogP contribution < -0.4 is 4.74 Å². The van der Waals surface area contributed by atoms with Gasteiger partial charge < -0.3 is 4.74 Å². The number of halogens is 2. The van der Waals surface area contributed by atoms with Gasteiger partial charge in [0.15, 0.2) is 5.78 Å². The predicted octanol–water partition coefficient (Wildman–Crippen LogP) is 4.22. The second kappa shape index (κ2) is 5.97. The van der Waals surface area contributed by atoms with Gasteiger partial charge in [-0.15, -0.1) is 0 Å². The number of para-hydroxylation sites is 1. The van der Waals surface area contributed by atoms with Crippen molar-refractivity contribution in [2.45, 2.75) is 6.92 Å². The maximum Gasteiger partial charge on any atom is 0.197 e. The van der Waals surface area contributed by atoms with E-state index < -0.39 is 5.82 Å². The van der Waals surface area contributed by atoms with Gasteiger partial charge in [0.1, 0.15) is 11.6 Å². The minimum Gasteiger partial charge on any atom is -0.493 e. The molecular formula is C15H12BrFO2. The number of rotatable bonds is 4. The Morgan fingerprint density at radius 1 is 1.21 bits per heavy atom. The molecule has 19 heavy (non-hydrogen) atoms. The van der Waals surface area contributed by atoms with Crippen LogP contribution in [0.4, 0.5) is 4.39 Å². The fourth-order valence-electron chi connectivity index (χ4n) is 1.75. The van der Waals surface area contributed by atoms with Gasteiger partial charge in [-0.2, -0.15) is 0 Å². The van der Waals surface area contributed by atoms with Crippen LogP contribution in [0.3, 0.4) is 0 Å². The molecule has 0 spiro atoms. The first-order valence-corrected chi connectivity index (χ1v) is 6.64. The molecule has 0 aromatic heterocycles. The van der Waals surface area contributed by atoms with Gasteiger partial charge in [0.05, 0.1) is 12.2 Å². The lowest BCUT2D eigenvalue weighted by atomic mass is 10.0. The fourth-order valence-corrected chi connectivity index (χ4v) is 2.18. The Labute approximate surface area is 119 Å². The second-order valence-corrected chi connectivity index (χ2v) is 4.74. The van der Waals surface area contributed by atoms with Crippen molar-refractivity contribution in [1.29, 1.82) is 0 Å². The largest absolute Gasteiger partial charge is 0.493 e. The van der Waals surface area contributed by atoms with Gasteiger partial charge in [0, 0.05) is 10.0 Å². The van der Waals surface area contributed by atoms with Crippen molar-refractivity contribution < 1.29 is 13.9 Å². The van der Waals surface area contributed by atoms with E-state index in [9.17, 15) is 9.18 Å². The number of benzene rings is 2. The van der Waals surface area contributed by atoms with Gasteiger partial charge in [0.2, 0.25) is 0 Å². The van der Waals surface area contributed by atoms with E-state index in [-0.39, 0.29) is 11.3 Å². The zero-order valence-corrected chi connectivity index (χ0v) is 11.9. The number of ketones is 1. The van der Waals surface area contributed by atoms with Crippen LogP contribution in [0.1, 0.15) is 22.8 Å². The molecular weight excluding hydrogens is 311 g/mol. The highest BCUT2D eigenvalue weighted by Crippen LogP contribution is 2.26. The zero-order chi connectivity index (χ0) is 13.8. The lowest BCUT2D eigenvalue weighted by Crippen LogP contribution is -2.06. The third kappa shape index (κ3) is 3.01. The van der Waals surface area contributed by atoms with Crippen LogP contribution in [0.5, 0.6) is 5.75 Å². The van der Waals surface area contributed by atoms with Gasteiger partial charge in [-0.1, -0.05) is 28.1 Å². The molecule has 0 fully saturated rings. The summed E-state index contributed by atoms with van der Waals surface area (Å²) in [4.78, 5) is 12.4. The summed E-state index contributed by atoms with van der Waals surface area (Å²) in [7, 11) is 0. The molecule has 0 aliphatic heterocycles. The molecule has 4 heteroatoms. The van der Waals surface area contributed by atoms with Gasteiger partial charge in [-0.05, 0) is 37.3 Å². The summed E-state index contributed by atoms with van der Waals surface area (Å²) in [6.07, 6.45) is 0. The predicted molar refractivity (Wildman–Crippen MR) is 75.1 cm³/mol. The van der Waals surface area contributed by atoms with Crippen molar-refractivity contribution in [3.8, 4) is 5.75 Å². The Morgan fingerprint density at radius 2 is 1.95 bits per heavy atom. The molecule has 0 atom stereocenters. The van der Waals surface area contributed by atoms with Crippen molar-refractivity contribution in [3.63, 3.8) is 0 Å². The average molecular weight is 323 g/mol. The summed E-state index contributed by atoms with van der Waals surface area (Å²) in [5.41, 5.74) is 0.711. The van der Waals surface area contributed by atoms with Gasteiger partial charge >= 0.3 is 0 Å². The molecule has 98 valence electrons. The van der Waals surface area contributed by atoms with E-state index in [4.69, 9.17) is 4.74 Å². The Morgan fingerprint density at radius 3 is 2.68 bits per heavy atom. The molecule has 0 aliphatic carbocycles. The first kappa shape index (κ1) is 13.7. The molecule has 0 saturated carbocycles. The highest BCUT2D eigenvalue weighted by molar-refractivity contribution is 9.10. The molecule has 0 bridgehead atoms. The molecule has 0 amide bonds. The number of ether oxygens (including phenoxy) is 1. The number of hydrogen-bond acceptors (Lipinski definition) is 2. The van der Waals surface area contributed by atoms with Crippen LogP contribution in [-0.2, 0) is 0 Å². The molecule has 2 nitrogen and oxygen atoms in total. The van der Waals surface area contributed by atoms with Crippen molar-refractivity contribution >= 4 is 21.7 Å². The van der Waals surface area contributed by atoms with Crippen LogP contribution in [0.15, 0.2) is 46.9 Å². The maximum atomic E-state index is 13.3. The Balaban J connectivity index is 2.47. The third-order valence-electron chi connectivity index (χ3n) is 2.60. The quantitative estimate of drug-likeness (QED) is 0.788. The number of carbonyl (C=O) groups excluding carboxylic acids is 1. The molecule has 0 radical (unpaired) electrons. The minimum atomic E-state index is -0.444. The average Bonchev–Trinajstić information content (AvgIpc) is 2.42. The molecule has 0 N–H and O–H groups in total. The number of carbonyl (C=O) groups is 1. The van der Waals surface area contributed by atoms with Crippen LogP contribution in [0, 0.1) is 5.82 Å². The first-order chi connectivity index (χ1) is 9.13. The first-order valence-electron chi connectivity index (χ1n) is 5.85. The van der Waals surface area contributed by atoms with Gasteiger partial charge in [-0.25, -0.2) is 4.39 Å². The minimum absolute atomic E-state index is 0.268. The highest BCUT2D eigenvalue weighted by Gasteiger charge is 2.17. The van der Waals surface area contributed by atoms with E-state index in [1.54, 1.807) is 24.3 Å². The Kier molecular flexibility index (Phi) is 4.32. The summed E-state index contributed by atoms with van der Waals surface area (Å²) >= 11 is 3.26.